The SMILES string of the molecule is COc1ccc(/C=C/C(=O)Cc2cccc(Cl)c2)cc1OP(=O)(O)O. The van der Waals surface area contributed by atoms with Gasteiger partial charge in [0.15, 0.2) is 17.3 Å². The van der Waals surface area contributed by atoms with Crippen molar-refractivity contribution in [3.63, 3.8) is 0 Å². The molecule has 0 aliphatic carbocycles. The Morgan fingerprint density at radius 2 is 1.96 bits per heavy atom. The van der Waals surface area contributed by atoms with Gasteiger partial charge in [-0.2, -0.15) is 0 Å². The highest BCUT2D eigenvalue weighted by atomic mass is 35.5. The molecule has 0 amide bonds. The lowest BCUT2D eigenvalue weighted by atomic mass is 10.1. The number of rotatable bonds is 7. The molecule has 0 heterocycles. The number of carbonyl (C=O) groups is 1. The van der Waals surface area contributed by atoms with E-state index in [1.54, 1.807) is 30.3 Å². The summed E-state index contributed by atoms with van der Waals surface area (Å²) in [5.41, 5.74) is 1.33. The van der Waals surface area contributed by atoms with E-state index in [9.17, 15) is 9.36 Å². The highest BCUT2D eigenvalue weighted by Gasteiger charge is 2.19. The van der Waals surface area contributed by atoms with E-state index in [1.807, 2.05) is 0 Å². The van der Waals surface area contributed by atoms with Gasteiger partial charge in [-0.25, -0.2) is 4.57 Å². The van der Waals surface area contributed by atoms with E-state index in [0.717, 1.165) is 5.56 Å². The lowest BCUT2D eigenvalue weighted by Gasteiger charge is -2.11. The summed E-state index contributed by atoms with van der Waals surface area (Å²) in [6.07, 6.45) is 3.10. The van der Waals surface area contributed by atoms with Crippen molar-refractivity contribution in [2.45, 2.75) is 6.42 Å². The summed E-state index contributed by atoms with van der Waals surface area (Å²) in [5, 5.41) is 0.559. The largest absolute Gasteiger partial charge is 0.524 e. The fraction of sp³-hybridized carbons (Fsp3) is 0.118. The van der Waals surface area contributed by atoms with Crippen molar-refractivity contribution in [1.29, 1.82) is 0 Å². The Morgan fingerprint density at radius 3 is 2.60 bits per heavy atom. The Labute approximate surface area is 149 Å². The molecule has 0 aliphatic heterocycles. The molecule has 2 aromatic carbocycles. The molecule has 0 bridgehead atoms. The van der Waals surface area contributed by atoms with E-state index in [1.165, 1.54) is 31.4 Å². The van der Waals surface area contributed by atoms with Crippen LogP contribution in [0.3, 0.4) is 0 Å². The van der Waals surface area contributed by atoms with E-state index >= 15 is 0 Å². The van der Waals surface area contributed by atoms with Gasteiger partial charge in [0.25, 0.3) is 0 Å². The standard InChI is InChI=1S/C17H16ClO6P/c1-23-16-8-6-12(11-17(16)24-25(20,21)22)5-7-15(19)10-13-3-2-4-14(18)9-13/h2-9,11H,10H2,1H3,(H2,20,21,22)/b7-5+. The predicted octanol–water partition coefficient (Wildman–Crippen LogP) is 3.65. The minimum atomic E-state index is -4.72. The van der Waals surface area contributed by atoms with Crippen molar-refractivity contribution in [2.24, 2.45) is 0 Å². The van der Waals surface area contributed by atoms with Gasteiger partial charge in [0.05, 0.1) is 7.11 Å². The molecule has 8 heteroatoms. The summed E-state index contributed by atoms with van der Waals surface area (Å²) in [4.78, 5) is 29.9. The monoisotopic (exact) mass is 382 g/mol. The summed E-state index contributed by atoms with van der Waals surface area (Å²) >= 11 is 5.88. The molecule has 2 rings (SSSR count). The van der Waals surface area contributed by atoms with Gasteiger partial charge in [-0.1, -0.05) is 35.9 Å². The Bertz CT molecular complexity index is 843. The van der Waals surface area contributed by atoms with Crippen LogP contribution in [0.5, 0.6) is 11.5 Å². The second-order valence-corrected chi connectivity index (χ2v) is 6.70. The maximum Gasteiger partial charge on any atom is 0.524 e. The Hall–Kier alpha value is -2.11. The predicted molar refractivity (Wildman–Crippen MR) is 94.9 cm³/mol. The third kappa shape index (κ3) is 6.36. The zero-order valence-electron chi connectivity index (χ0n) is 13.3. The number of hydrogen-bond donors (Lipinski definition) is 2. The molecular weight excluding hydrogens is 367 g/mol. The molecule has 0 aromatic heterocycles. The first-order valence-corrected chi connectivity index (χ1v) is 9.06. The molecule has 0 spiro atoms. The summed E-state index contributed by atoms with van der Waals surface area (Å²) in [5.74, 6) is -0.0819. The summed E-state index contributed by atoms with van der Waals surface area (Å²) in [6, 6.07) is 11.5. The van der Waals surface area contributed by atoms with Crippen LogP contribution in [-0.2, 0) is 15.8 Å². The van der Waals surface area contributed by atoms with Crippen LogP contribution >= 0.6 is 19.4 Å². The van der Waals surface area contributed by atoms with E-state index in [4.69, 9.17) is 26.1 Å². The van der Waals surface area contributed by atoms with Crippen LogP contribution in [0.1, 0.15) is 11.1 Å². The van der Waals surface area contributed by atoms with Gasteiger partial charge < -0.3 is 9.26 Å². The number of allylic oxidation sites excluding steroid dienone is 1. The maximum atomic E-state index is 12.0. The third-order valence-corrected chi connectivity index (χ3v) is 3.80. The van der Waals surface area contributed by atoms with Crippen LogP contribution < -0.4 is 9.26 Å². The van der Waals surface area contributed by atoms with Crippen LogP contribution in [0.2, 0.25) is 5.02 Å². The number of methoxy groups -OCH3 is 1. The fourth-order valence-corrected chi connectivity index (χ4v) is 2.70. The van der Waals surface area contributed by atoms with Gasteiger partial charge in [0, 0.05) is 11.4 Å². The van der Waals surface area contributed by atoms with Crippen LogP contribution in [0, 0.1) is 0 Å². The topological polar surface area (TPSA) is 93.1 Å². The first-order chi connectivity index (χ1) is 11.8. The van der Waals surface area contributed by atoms with Crippen LogP contribution in [0.4, 0.5) is 0 Å². The molecule has 0 saturated carbocycles. The maximum absolute atomic E-state index is 12.0. The molecule has 0 atom stereocenters. The molecule has 0 unspecified atom stereocenters. The molecule has 0 radical (unpaired) electrons. The number of carbonyl (C=O) groups excluding carboxylic acids is 1. The van der Waals surface area contributed by atoms with Crippen molar-refractivity contribution in [1.82, 2.24) is 0 Å². The second-order valence-electron chi connectivity index (χ2n) is 5.10. The Kier molecular flexibility index (Phi) is 6.39. The van der Waals surface area contributed by atoms with Crippen molar-refractivity contribution < 1.29 is 28.4 Å². The molecule has 25 heavy (non-hydrogen) atoms. The quantitative estimate of drug-likeness (QED) is 0.561. The number of phosphoric ester groups is 1. The van der Waals surface area contributed by atoms with Gasteiger partial charge in [-0.15, -0.1) is 0 Å². The number of benzene rings is 2. The molecule has 6 nitrogen and oxygen atoms in total. The van der Waals surface area contributed by atoms with Gasteiger partial charge >= 0.3 is 7.82 Å². The first kappa shape index (κ1) is 19.2. The number of phosphoric acid groups is 1. The normalized spacial score (nSPS) is 11.5. The number of ether oxygens (including phenoxy) is 1. The van der Waals surface area contributed by atoms with Crippen LogP contribution in [0.25, 0.3) is 6.08 Å². The second kappa shape index (κ2) is 8.32. The lowest BCUT2D eigenvalue weighted by molar-refractivity contribution is -0.113. The van der Waals surface area contributed by atoms with E-state index in [0.29, 0.717) is 10.6 Å². The average Bonchev–Trinajstić information content (AvgIpc) is 2.51. The highest BCUT2D eigenvalue weighted by molar-refractivity contribution is 7.46. The van der Waals surface area contributed by atoms with Gasteiger partial charge in [-0.3, -0.25) is 14.6 Å². The number of ketones is 1. The molecule has 0 saturated heterocycles. The Balaban J connectivity index is 2.13. The molecular formula is C17H16ClO6P. The van der Waals surface area contributed by atoms with Gasteiger partial charge in [-0.05, 0) is 41.5 Å². The third-order valence-electron chi connectivity index (χ3n) is 3.13. The van der Waals surface area contributed by atoms with E-state index in [2.05, 4.69) is 4.52 Å². The minimum absolute atomic E-state index is 0.111. The zero-order valence-corrected chi connectivity index (χ0v) is 14.9. The van der Waals surface area contributed by atoms with E-state index < -0.39 is 7.82 Å². The van der Waals surface area contributed by atoms with E-state index in [-0.39, 0.29) is 23.7 Å². The average molecular weight is 383 g/mol. The summed E-state index contributed by atoms with van der Waals surface area (Å²) in [7, 11) is -3.37. The number of halogens is 1. The summed E-state index contributed by atoms with van der Waals surface area (Å²) in [6.45, 7) is 0. The van der Waals surface area contributed by atoms with Crippen molar-refractivity contribution in [2.75, 3.05) is 7.11 Å². The van der Waals surface area contributed by atoms with Gasteiger partial charge in [0.1, 0.15) is 0 Å². The fourth-order valence-electron chi connectivity index (χ4n) is 2.09. The first-order valence-electron chi connectivity index (χ1n) is 7.15. The zero-order chi connectivity index (χ0) is 18.4. The highest BCUT2D eigenvalue weighted by Crippen LogP contribution is 2.42. The van der Waals surface area contributed by atoms with Crippen molar-refractivity contribution in [3.8, 4) is 11.5 Å². The molecule has 2 aromatic rings. The summed E-state index contributed by atoms with van der Waals surface area (Å²) < 4.78 is 20.6. The smallest absolute Gasteiger partial charge is 0.493 e. The molecule has 0 fully saturated rings. The van der Waals surface area contributed by atoms with Crippen molar-refractivity contribution in [3.05, 3.63) is 64.7 Å². The van der Waals surface area contributed by atoms with Crippen LogP contribution in [-0.4, -0.2) is 22.7 Å². The Morgan fingerprint density at radius 1 is 1.20 bits per heavy atom. The molecule has 2 N–H and O–H groups in total. The van der Waals surface area contributed by atoms with Gasteiger partial charge in [0.2, 0.25) is 0 Å². The van der Waals surface area contributed by atoms with Crippen LogP contribution in [0.15, 0.2) is 48.5 Å². The number of hydrogen-bond acceptors (Lipinski definition) is 4. The lowest BCUT2D eigenvalue weighted by Crippen LogP contribution is -1.98. The molecule has 0 aliphatic rings. The minimum Gasteiger partial charge on any atom is -0.493 e. The molecule has 132 valence electrons. The van der Waals surface area contributed by atoms with Crippen molar-refractivity contribution >= 4 is 31.3 Å².